The number of rotatable bonds is 7. The lowest BCUT2D eigenvalue weighted by atomic mass is 10.0. The highest BCUT2D eigenvalue weighted by Crippen LogP contribution is 2.26. The molecule has 0 fully saturated rings. The van der Waals surface area contributed by atoms with E-state index in [2.05, 4.69) is 5.32 Å². The van der Waals surface area contributed by atoms with Crippen molar-refractivity contribution in [3.05, 3.63) is 65.2 Å². The number of esters is 1. The Kier molecular flexibility index (Phi) is 7.34. The van der Waals surface area contributed by atoms with Crippen molar-refractivity contribution in [2.45, 2.75) is 29.5 Å². The Hall–Kier alpha value is -1.98. The van der Waals surface area contributed by atoms with Crippen molar-refractivity contribution in [3.8, 4) is 0 Å². The third-order valence-corrected chi connectivity index (χ3v) is 4.98. The van der Waals surface area contributed by atoms with Crippen molar-refractivity contribution >= 4 is 35.2 Å². The number of hydrogen-bond acceptors (Lipinski definition) is 4. The number of carbonyl (C=O) groups is 2. The van der Waals surface area contributed by atoms with Crippen LogP contribution in [0.1, 0.15) is 24.9 Å². The molecule has 4 nitrogen and oxygen atoms in total. The molecule has 2 aromatic rings. The maximum atomic E-state index is 12.6. The fraction of sp³-hybridized carbons (Fsp3) is 0.263. The second kappa shape index (κ2) is 9.49. The molecule has 0 radical (unpaired) electrons. The molecule has 0 bridgehead atoms. The van der Waals surface area contributed by atoms with E-state index in [-0.39, 0.29) is 23.5 Å². The van der Waals surface area contributed by atoms with E-state index in [0.29, 0.717) is 5.02 Å². The molecule has 0 aliphatic rings. The first kappa shape index (κ1) is 19.3. The number of thioether (sulfide) groups is 1. The summed E-state index contributed by atoms with van der Waals surface area (Å²) in [4.78, 5) is 25.2. The van der Waals surface area contributed by atoms with Gasteiger partial charge in [0.2, 0.25) is 5.91 Å². The molecule has 0 unspecified atom stereocenters. The summed E-state index contributed by atoms with van der Waals surface area (Å²) in [5.74, 6) is -0.509. The van der Waals surface area contributed by atoms with Gasteiger partial charge in [0, 0.05) is 9.92 Å². The highest BCUT2D eigenvalue weighted by Gasteiger charge is 2.22. The third-order valence-electron chi connectivity index (χ3n) is 3.61. The highest BCUT2D eigenvalue weighted by molar-refractivity contribution is 8.00. The van der Waals surface area contributed by atoms with Gasteiger partial charge >= 0.3 is 5.97 Å². The second-order valence-electron chi connectivity index (χ2n) is 5.47. The topological polar surface area (TPSA) is 55.4 Å². The zero-order chi connectivity index (χ0) is 18.2. The molecule has 1 N–H and O–H groups in total. The van der Waals surface area contributed by atoms with Crippen molar-refractivity contribution in [2.75, 3.05) is 7.11 Å². The van der Waals surface area contributed by atoms with Gasteiger partial charge in [-0.1, -0.05) is 41.9 Å². The van der Waals surface area contributed by atoms with E-state index in [4.69, 9.17) is 16.3 Å². The first-order chi connectivity index (χ1) is 12.0. The molecule has 0 heterocycles. The Labute approximate surface area is 156 Å². The summed E-state index contributed by atoms with van der Waals surface area (Å²) in [7, 11) is 1.34. The monoisotopic (exact) mass is 377 g/mol. The summed E-state index contributed by atoms with van der Waals surface area (Å²) >= 11 is 7.31. The SMILES string of the molecule is COC(=O)C[C@H](NC(=O)[C@H](C)Sc1ccc(Cl)cc1)c1ccccc1. The molecular weight excluding hydrogens is 358 g/mol. The summed E-state index contributed by atoms with van der Waals surface area (Å²) in [6.45, 7) is 1.83. The average molecular weight is 378 g/mol. The highest BCUT2D eigenvalue weighted by atomic mass is 35.5. The molecule has 0 spiro atoms. The van der Waals surface area contributed by atoms with E-state index >= 15 is 0 Å². The van der Waals surface area contributed by atoms with E-state index < -0.39 is 6.04 Å². The molecule has 25 heavy (non-hydrogen) atoms. The van der Waals surface area contributed by atoms with E-state index in [9.17, 15) is 9.59 Å². The normalized spacial score (nSPS) is 12.9. The number of methoxy groups -OCH3 is 1. The van der Waals surface area contributed by atoms with Gasteiger partial charge < -0.3 is 10.1 Å². The Morgan fingerprint density at radius 2 is 1.76 bits per heavy atom. The largest absolute Gasteiger partial charge is 0.469 e. The van der Waals surface area contributed by atoms with Gasteiger partial charge in [-0.25, -0.2) is 0 Å². The van der Waals surface area contributed by atoms with Gasteiger partial charge in [-0.3, -0.25) is 9.59 Å². The number of ether oxygens (including phenoxy) is 1. The van der Waals surface area contributed by atoms with Gasteiger partial charge in [-0.05, 0) is 36.8 Å². The minimum atomic E-state index is -0.422. The Morgan fingerprint density at radius 3 is 2.36 bits per heavy atom. The van der Waals surface area contributed by atoms with Crippen LogP contribution in [0, 0.1) is 0 Å². The molecule has 0 saturated heterocycles. The average Bonchev–Trinajstić information content (AvgIpc) is 2.63. The molecule has 1 amide bonds. The zero-order valence-corrected chi connectivity index (χ0v) is 15.6. The molecule has 2 atom stereocenters. The predicted molar refractivity (Wildman–Crippen MR) is 101 cm³/mol. The standard InChI is InChI=1S/C19H20ClNO3S/c1-13(25-16-10-8-15(20)9-11-16)19(23)21-17(12-18(22)24-2)14-6-4-3-5-7-14/h3-11,13,17H,12H2,1-2H3,(H,21,23)/t13-,17-/m0/s1. The quantitative estimate of drug-likeness (QED) is 0.579. The lowest BCUT2D eigenvalue weighted by Gasteiger charge is -2.20. The predicted octanol–water partition coefficient (Wildman–Crippen LogP) is 4.24. The first-order valence-electron chi connectivity index (χ1n) is 7.84. The van der Waals surface area contributed by atoms with E-state index in [1.165, 1.54) is 18.9 Å². The van der Waals surface area contributed by atoms with Crippen molar-refractivity contribution in [3.63, 3.8) is 0 Å². The van der Waals surface area contributed by atoms with Crippen molar-refractivity contribution in [2.24, 2.45) is 0 Å². The van der Waals surface area contributed by atoms with Gasteiger partial charge in [-0.15, -0.1) is 11.8 Å². The number of halogens is 1. The summed E-state index contributed by atoms with van der Waals surface area (Å²) < 4.78 is 4.74. The lowest BCUT2D eigenvalue weighted by Crippen LogP contribution is -2.35. The van der Waals surface area contributed by atoms with Crippen LogP contribution in [-0.2, 0) is 14.3 Å². The number of benzene rings is 2. The van der Waals surface area contributed by atoms with Crippen molar-refractivity contribution in [1.29, 1.82) is 0 Å². The number of nitrogens with one attached hydrogen (secondary N) is 1. The zero-order valence-electron chi connectivity index (χ0n) is 14.1. The molecule has 6 heteroatoms. The minimum absolute atomic E-state index is 0.0879. The molecule has 0 aromatic heterocycles. The smallest absolute Gasteiger partial charge is 0.307 e. The van der Waals surface area contributed by atoms with E-state index in [1.54, 1.807) is 12.1 Å². The Morgan fingerprint density at radius 1 is 1.12 bits per heavy atom. The van der Waals surface area contributed by atoms with Crippen LogP contribution in [-0.4, -0.2) is 24.2 Å². The lowest BCUT2D eigenvalue weighted by molar-refractivity contribution is -0.141. The summed E-state index contributed by atoms with van der Waals surface area (Å²) in [6, 6.07) is 16.3. The Bertz CT molecular complexity index is 706. The molecular formula is C19H20ClNO3S. The molecule has 0 aliphatic carbocycles. The van der Waals surface area contributed by atoms with Gasteiger partial charge in [0.25, 0.3) is 0 Å². The van der Waals surface area contributed by atoms with Crippen LogP contribution in [0.5, 0.6) is 0 Å². The van der Waals surface area contributed by atoms with E-state index in [1.807, 2.05) is 49.4 Å². The fourth-order valence-electron chi connectivity index (χ4n) is 2.25. The third kappa shape index (κ3) is 6.11. The maximum absolute atomic E-state index is 12.6. The minimum Gasteiger partial charge on any atom is -0.469 e. The summed E-state index contributed by atoms with van der Waals surface area (Å²) in [5.41, 5.74) is 0.866. The summed E-state index contributed by atoms with van der Waals surface area (Å²) in [6.07, 6.45) is 0.0879. The van der Waals surface area contributed by atoms with Crippen LogP contribution in [0.3, 0.4) is 0 Å². The van der Waals surface area contributed by atoms with Crippen LogP contribution < -0.4 is 5.32 Å². The first-order valence-corrected chi connectivity index (χ1v) is 9.09. The van der Waals surface area contributed by atoms with Crippen molar-refractivity contribution < 1.29 is 14.3 Å². The molecule has 2 aromatic carbocycles. The van der Waals surface area contributed by atoms with E-state index in [0.717, 1.165) is 10.5 Å². The maximum Gasteiger partial charge on any atom is 0.307 e. The van der Waals surface area contributed by atoms with Gasteiger partial charge in [0.05, 0.1) is 24.8 Å². The van der Waals surface area contributed by atoms with Gasteiger partial charge in [-0.2, -0.15) is 0 Å². The molecule has 132 valence electrons. The number of amides is 1. The van der Waals surface area contributed by atoms with Gasteiger partial charge in [0.15, 0.2) is 0 Å². The summed E-state index contributed by atoms with van der Waals surface area (Å²) in [5, 5.41) is 3.28. The number of hydrogen-bond donors (Lipinski definition) is 1. The Balaban J connectivity index is 2.04. The fourth-order valence-corrected chi connectivity index (χ4v) is 3.25. The molecule has 0 saturated carbocycles. The molecule has 0 aliphatic heterocycles. The van der Waals surface area contributed by atoms with Gasteiger partial charge in [0.1, 0.15) is 0 Å². The van der Waals surface area contributed by atoms with Crippen LogP contribution in [0.15, 0.2) is 59.5 Å². The van der Waals surface area contributed by atoms with Crippen LogP contribution in [0.4, 0.5) is 0 Å². The second-order valence-corrected chi connectivity index (χ2v) is 7.32. The number of carbonyl (C=O) groups excluding carboxylic acids is 2. The van der Waals surface area contributed by atoms with Crippen molar-refractivity contribution in [1.82, 2.24) is 5.32 Å². The van der Waals surface area contributed by atoms with Crippen LogP contribution in [0.25, 0.3) is 0 Å². The van der Waals surface area contributed by atoms with Crippen LogP contribution in [0.2, 0.25) is 5.02 Å². The van der Waals surface area contributed by atoms with Crippen LogP contribution >= 0.6 is 23.4 Å². The molecule has 2 rings (SSSR count).